The first kappa shape index (κ1) is 18.4. The van der Waals surface area contributed by atoms with E-state index in [1.54, 1.807) is 0 Å². The van der Waals surface area contributed by atoms with Crippen LogP contribution < -0.4 is 5.32 Å². The Hall–Kier alpha value is -1.39. The highest BCUT2D eigenvalue weighted by Crippen LogP contribution is 2.22. The van der Waals surface area contributed by atoms with Crippen molar-refractivity contribution in [3.8, 4) is 0 Å². The molecule has 1 N–H and O–H groups in total. The first-order valence-electron chi connectivity index (χ1n) is 9.93. The van der Waals surface area contributed by atoms with E-state index in [9.17, 15) is 4.79 Å². The summed E-state index contributed by atoms with van der Waals surface area (Å²) < 4.78 is 5.66. The topological polar surface area (TPSA) is 41.6 Å². The number of nitrogens with zero attached hydrogens (tertiary/aromatic N) is 1. The van der Waals surface area contributed by atoms with Gasteiger partial charge in [0, 0.05) is 31.2 Å². The van der Waals surface area contributed by atoms with Gasteiger partial charge in [0.2, 0.25) is 0 Å². The molecule has 2 aliphatic heterocycles. The number of carbonyl (C=O) groups is 1. The number of rotatable bonds is 7. The molecule has 0 bridgehead atoms. The Balaban J connectivity index is 1.54. The predicted octanol–water partition coefficient (Wildman–Crippen LogP) is 3.12. The second kappa shape index (κ2) is 9.35. The summed E-state index contributed by atoms with van der Waals surface area (Å²) in [7, 11) is 0. The summed E-state index contributed by atoms with van der Waals surface area (Å²) in [6, 6.07) is 8.30. The highest BCUT2D eigenvalue weighted by molar-refractivity contribution is 5.94. The molecule has 0 radical (unpaired) electrons. The standard InChI is InChI=1S/C21H32N2O2/c1-2-12-25-16-19-8-11-23(15-19)21(24)20-5-3-4-18(14-20)13-17-6-9-22-10-7-17/h3-5,14,17,19,22H,2,6-13,15-16H2,1H3/t19-/m0/s1. The van der Waals surface area contributed by atoms with Crippen LogP contribution in [-0.4, -0.2) is 50.2 Å². The summed E-state index contributed by atoms with van der Waals surface area (Å²) in [6.45, 7) is 7.67. The summed E-state index contributed by atoms with van der Waals surface area (Å²) in [5, 5.41) is 3.42. The Bertz CT molecular complexity index is 555. The van der Waals surface area contributed by atoms with Gasteiger partial charge in [0.15, 0.2) is 0 Å². The monoisotopic (exact) mass is 344 g/mol. The van der Waals surface area contributed by atoms with Crippen LogP contribution in [-0.2, 0) is 11.2 Å². The van der Waals surface area contributed by atoms with Crippen LogP contribution in [0.1, 0.15) is 48.5 Å². The van der Waals surface area contributed by atoms with Crippen molar-refractivity contribution in [2.24, 2.45) is 11.8 Å². The lowest BCUT2D eigenvalue weighted by molar-refractivity contribution is 0.0754. The number of ether oxygens (including phenoxy) is 1. The number of nitrogens with one attached hydrogen (secondary N) is 1. The molecule has 0 aromatic heterocycles. The molecule has 1 amide bonds. The van der Waals surface area contributed by atoms with Crippen molar-refractivity contribution in [2.45, 2.75) is 39.0 Å². The van der Waals surface area contributed by atoms with Crippen LogP contribution in [0.3, 0.4) is 0 Å². The van der Waals surface area contributed by atoms with E-state index in [0.717, 1.165) is 70.1 Å². The molecular weight excluding hydrogens is 312 g/mol. The van der Waals surface area contributed by atoms with E-state index in [2.05, 4.69) is 24.4 Å². The van der Waals surface area contributed by atoms with Gasteiger partial charge in [-0.2, -0.15) is 0 Å². The van der Waals surface area contributed by atoms with Gasteiger partial charge in [-0.05, 0) is 68.8 Å². The molecule has 2 saturated heterocycles. The Morgan fingerprint density at radius 2 is 2.08 bits per heavy atom. The van der Waals surface area contributed by atoms with Crippen molar-refractivity contribution in [3.63, 3.8) is 0 Å². The molecule has 0 unspecified atom stereocenters. The SMILES string of the molecule is CCCOC[C@H]1CCN(C(=O)c2cccc(CC3CCNCC3)c2)C1. The van der Waals surface area contributed by atoms with Gasteiger partial charge in [0.05, 0.1) is 6.61 Å². The van der Waals surface area contributed by atoms with Crippen LogP contribution >= 0.6 is 0 Å². The Labute approximate surface area is 151 Å². The Kier molecular flexibility index (Phi) is 6.88. The van der Waals surface area contributed by atoms with Crippen molar-refractivity contribution in [1.29, 1.82) is 0 Å². The van der Waals surface area contributed by atoms with Crippen LogP contribution in [0.5, 0.6) is 0 Å². The molecule has 25 heavy (non-hydrogen) atoms. The van der Waals surface area contributed by atoms with Crippen LogP contribution in [0.4, 0.5) is 0 Å². The minimum atomic E-state index is 0.185. The number of likely N-dealkylation sites (tertiary alicyclic amines) is 1. The molecule has 2 heterocycles. The van der Waals surface area contributed by atoms with E-state index in [4.69, 9.17) is 4.74 Å². The molecule has 0 aliphatic carbocycles. The van der Waals surface area contributed by atoms with E-state index in [0.29, 0.717) is 5.92 Å². The minimum absolute atomic E-state index is 0.185. The molecule has 0 saturated carbocycles. The van der Waals surface area contributed by atoms with Gasteiger partial charge in [0.25, 0.3) is 5.91 Å². The van der Waals surface area contributed by atoms with Crippen molar-refractivity contribution in [2.75, 3.05) is 39.4 Å². The molecule has 1 aromatic carbocycles. The molecule has 2 aliphatic rings. The lowest BCUT2D eigenvalue weighted by Crippen LogP contribution is -2.30. The molecule has 1 atom stereocenters. The van der Waals surface area contributed by atoms with Crippen molar-refractivity contribution >= 4 is 5.91 Å². The highest BCUT2D eigenvalue weighted by Gasteiger charge is 2.27. The molecule has 0 spiro atoms. The second-order valence-electron chi connectivity index (χ2n) is 7.58. The van der Waals surface area contributed by atoms with Gasteiger partial charge in [-0.15, -0.1) is 0 Å². The summed E-state index contributed by atoms with van der Waals surface area (Å²) in [6.07, 6.45) is 5.69. The number of piperidine rings is 1. The largest absolute Gasteiger partial charge is 0.381 e. The van der Waals surface area contributed by atoms with Crippen LogP contribution in [0.15, 0.2) is 24.3 Å². The number of hydrogen-bond donors (Lipinski definition) is 1. The zero-order chi connectivity index (χ0) is 17.5. The zero-order valence-corrected chi connectivity index (χ0v) is 15.5. The van der Waals surface area contributed by atoms with Crippen LogP contribution in [0.25, 0.3) is 0 Å². The van der Waals surface area contributed by atoms with Crippen molar-refractivity contribution in [3.05, 3.63) is 35.4 Å². The maximum Gasteiger partial charge on any atom is 0.253 e. The highest BCUT2D eigenvalue weighted by atomic mass is 16.5. The van der Waals surface area contributed by atoms with E-state index in [1.807, 2.05) is 17.0 Å². The van der Waals surface area contributed by atoms with Crippen molar-refractivity contribution < 1.29 is 9.53 Å². The third kappa shape index (κ3) is 5.29. The minimum Gasteiger partial charge on any atom is -0.381 e. The number of carbonyl (C=O) groups excluding carboxylic acids is 1. The van der Waals surface area contributed by atoms with Gasteiger partial charge >= 0.3 is 0 Å². The number of benzene rings is 1. The van der Waals surface area contributed by atoms with E-state index >= 15 is 0 Å². The summed E-state index contributed by atoms with van der Waals surface area (Å²) in [4.78, 5) is 14.8. The van der Waals surface area contributed by atoms with Crippen LogP contribution in [0.2, 0.25) is 0 Å². The van der Waals surface area contributed by atoms with Gasteiger partial charge in [-0.25, -0.2) is 0 Å². The quantitative estimate of drug-likeness (QED) is 0.773. The predicted molar refractivity (Wildman–Crippen MR) is 101 cm³/mol. The third-order valence-electron chi connectivity index (χ3n) is 5.43. The summed E-state index contributed by atoms with van der Waals surface area (Å²) in [5.41, 5.74) is 2.15. The lowest BCUT2D eigenvalue weighted by atomic mass is 9.90. The molecule has 138 valence electrons. The van der Waals surface area contributed by atoms with Gasteiger partial charge < -0.3 is 15.0 Å². The maximum atomic E-state index is 12.8. The van der Waals surface area contributed by atoms with E-state index < -0.39 is 0 Å². The van der Waals surface area contributed by atoms with Crippen LogP contribution in [0, 0.1) is 11.8 Å². The lowest BCUT2D eigenvalue weighted by Gasteiger charge is -2.23. The van der Waals surface area contributed by atoms with E-state index in [1.165, 1.54) is 18.4 Å². The maximum absolute atomic E-state index is 12.8. The zero-order valence-electron chi connectivity index (χ0n) is 15.5. The fourth-order valence-electron chi connectivity index (χ4n) is 3.98. The molecule has 4 nitrogen and oxygen atoms in total. The molecule has 3 rings (SSSR count). The number of amides is 1. The Morgan fingerprint density at radius 3 is 2.88 bits per heavy atom. The smallest absolute Gasteiger partial charge is 0.253 e. The average Bonchev–Trinajstić information content (AvgIpc) is 3.11. The second-order valence-corrected chi connectivity index (χ2v) is 7.58. The number of hydrogen-bond acceptors (Lipinski definition) is 3. The third-order valence-corrected chi connectivity index (χ3v) is 5.43. The first-order chi connectivity index (χ1) is 12.3. The summed E-state index contributed by atoms with van der Waals surface area (Å²) in [5.74, 6) is 1.43. The fraction of sp³-hybridized carbons (Fsp3) is 0.667. The van der Waals surface area contributed by atoms with Gasteiger partial charge in [-0.1, -0.05) is 19.1 Å². The van der Waals surface area contributed by atoms with Gasteiger partial charge in [0.1, 0.15) is 0 Å². The average molecular weight is 344 g/mol. The molecule has 1 aromatic rings. The van der Waals surface area contributed by atoms with Crippen molar-refractivity contribution in [1.82, 2.24) is 10.2 Å². The van der Waals surface area contributed by atoms with Gasteiger partial charge in [-0.3, -0.25) is 4.79 Å². The Morgan fingerprint density at radius 1 is 1.24 bits per heavy atom. The fourth-order valence-corrected chi connectivity index (χ4v) is 3.98. The molecular formula is C21H32N2O2. The van der Waals surface area contributed by atoms with E-state index in [-0.39, 0.29) is 5.91 Å². The summed E-state index contributed by atoms with van der Waals surface area (Å²) >= 11 is 0. The first-order valence-corrected chi connectivity index (χ1v) is 9.93. The molecule has 2 fully saturated rings. The normalized spacial score (nSPS) is 21.6. The molecule has 4 heteroatoms.